The van der Waals surface area contributed by atoms with Crippen molar-refractivity contribution >= 4 is 29.2 Å². The van der Waals surface area contributed by atoms with Crippen molar-refractivity contribution in [3.05, 3.63) is 66.1 Å². The number of oxazole rings is 1. The third-order valence-electron chi connectivity index (χ3n) is 7.28. The Hall–Kier alpha value is -4.35. The predicted molar refractivity (Wildman–Crippen MR) is 138 cm³/mol. The van der Waals surface area contributed by atoms with Gasteiger partial charge in [-0.05, 0) is 55.7 Å². The fourth-order valence-corrected chi connectivity index (χ4v) is 5.31. The van der Waals surface area contributed by atoms with Crippen LogP contribution in [-0.4, -0.2) is 51.9 Å². The molecule has 3 N–H and O–H groups in total. The lowest BCUT2D eigenvalue weighted by atomic mass is 9.95. The van der Waals surface area contributed by atoms with Gasteiger partial charge in [0.2, 0.25) is 17.6 Å². The van der Waals surface area contributed by atoms with E-state index in [1.165, 1.54) is 12.1 Å². The van der Waals surface area contributed by atoms with Gasteiger partial charge in [0.1, 0.15) is 0 Å². The summed E-state index contributed by atoms with van der Waals surface area (Å²) in [6, 6.07) is 14.4. The number of hydrogen-bond acceptors (Lipinski definition) is 6. The first kappa shape index (κ1) is 27.2. The highest BCUT2D eigenvalue weighted by atomic mass is 19.4. The van der Waals surface area contributed by atoms with Gasteiger partial charge in [-0.3, -0.25) is 14.4 Å². The molecule has 1 aliphatic carbocycles. The van der Waals surface area contributed by atoms with Crippen LogP contribution in [-0.2, 0) is 15.8 Å². The van der Waals surface area contributed by atoms with Crippen LogP contribution in [0.5, 0.6) is 0 Å². The lowest BCUT2D eigenvalue weighted by molar-refractivity contribution is -0.153. The smallest absolute Gasteiger partial charge is 0.452 e. The Bertz CT molecular complexity index is 1390. The fraction of sp³-hybridized carbons (Fsp3) is 0.357. The van der Waals surface area contributed by atoms with Gasteiger partial charge in [0.15, 0.2) is 5.69 Å². The van der Waals surface area contributed by atoms with E-state index < -0.39 is 41.3 Å². The number of aliphatic carboxylic acids is 1. The molecule has 2 aromatic carbocycles. The number of carbonyl (C=O) groups is 3. The molecule has 12 heteroatoms. The summed E-state index contributed by atoms with van der Waals surface area (Å²) in [5.41, 5.74) is 0.402. The van der Waals surface area contributed by atoms with Crippen molar-refractivity contribution in [3.8, 4) is 11.5 Å². The summed E-state index contributed by atoms with van der Waals surface area (Å²) in [5, 5.41) is 15.1. The summed E-state index contributed by atoms with van der Waals surface area (Å²) in [6.07, 6.45) is -2.39. The molecule has 1 saturated heterocycles. The predicted octanol–water partition coefficient (Wildman–Crippen LogP) is 5.13. The number of aromatic nitrogens is 1. The molecule has 210 valence electrons. The van der Waals surface area contributed by atoms with Gasteiger partial charge < -0.3 is 25.1 Å². The third-order valence-corrected chi connectivity index (χ3v) is 7.28. The standard InChI is InChI=1S/C28H27F3N4O5/c29-28(30,31)23-22(34-25(40-23)16-5-2-1-3-6-16)24(36)33-18-11-9-17(10-12-18)32-19-13-14-35(15-19)26(37)20-7-4-8-21(20)27(38)39/h1-3,5-6,9-12,19-21,32H,4,7-8,13-15H2,(H,33,36)(H,38,39). The molecule has 3 atom stereocenters. The van der Waals surface area contributed by atoms with Crippen LogP contribution in [0.2, 0.25) is 0 Å². The van der Waals surface area contributed by atoms with Crippen LogP contribution in [0, 0.1) is 11.8 Å². The lowest BCUT2D eigenvalue weighted by Gasteiger charge is -2.23. The molecule has 3 aromatic rings. The monoisotopic (exact) mass is 556 g/mol. The van der Waals surface area contributed by atoms with Crippen LogP contribution >= 0.6 is 0 Å². The molecule has 0 spiro atoms. The second-order valence-electron chi connectivity index (χ2n) is 9.99. The molecule has 0 radical (unpaired) electrons. The van der Waals surface area contributed by atoms with Gasteiger partial charge in [0, 0.05) is 36.1 Å². The zero-order valence-corrected chi connectivity index (χ0v) is 21.3. The molecular formula is C28H27F3N4O5. The Morgan fingerprint density at radius 1 is 0.950 bits per heavy atom. The molecule has 3 unspecified atom stereocenters. The molecule has 0 bridgehead atoms. The minimum atomic E-state index is -4.91. The molecule has 1 saturated carbocycles. The maximum atomic E-state index is 13.6. The number of carboxylic acid groups (broad SMARTS) is 1. The number of alkyl halides is 3. The van der Waals surface area contributed by atoms with Gasteiger partial charge >= 0.3 is 12.1 Å². The van der Waals surface area contributed by atoms with Crippen molar-refractivity contribution in [2.24, 2.45) is 11.8 Å². The van der Waals surface area contributed by atoms with Gasteiger partial charge in [-0.2, -0.15) is 13.2 Å². The molecular weight excluding hydrogens is 529 g/mol. The number of rotatable bonds is 7. The molecule has 2 amide bonds. The minimum absolute atomic E-state index is 0.0463. The average molecular weight is 557 g/mol. The SMILES string of the molecule is O=C(Nc1ccc(NC2CCN(C(=O)C3CCCC3C(=O)O)C2)cc1)c1nc(-c2ccccc2)oc1C(F)(F)F. The molecule has 40 heavy (non-hydrogen) atoms. The number of nitrogens with zero attached hydrogens (tertiary/aromatic N) is 2. The zero-order chi connectivity index (χ0) is 28.4. The van der Waals surface area contributed by atoms with E-state index in [1.807, 2.05) is 0 Å². The first-order valence-electron chi connectivity index (χ1n) is 12.9. The molecule has 2 fully saturated rings. The van der Waals surface area contributed by atoms with Gasteiger partial charge in [-0.1, -0.05) is 24.6 Å². The van der Waals surface area contributed by atoms with Crippen LogP contribution < -0.4 is 10.6 Å². The molecule has 2 heterocycles. The maximum absolute atomic E-state index is 13.6. The van der Waals surface area contributed by atoms with E-state index in [0.717, 1.165) is 6.42 Å². The zero-order valence-electron chi connectivity index (χ0n) is 21.3. The highest BCUT2D eigenvalue weighted by Gasteiger charge is 2.42. The Balaban J connectivity index is 1.21. The summed E-state index contributed by atoms with van der Waals surface area (Å²) in [7, 11) is 0. The summed E-state index contributed by atoms with van der Waals surface area (Å²) in [6.45, 7) is 0.966. The maximum Gasteiger partial charge on any atom is 0.452 e. The Labute approximate surface area is 227 Å². The van der Waals surface area contributed by atoms with Gasteiger partial charge in [-0.15, -0.1) is 0 Å². The number of benzene rings is 2. The van der Waals surface area contributed by atoms with Crippen LogP contribution in [0.4, 0.5) is 24.5 Å². The quantitative estimate of drug-likeness (QED) is 0.369. The van der Waals surface area contributed by atoms with Gasteiger partial charge in [0.25, 0.3) is 5.91 Å². The molecule has 2 aliphatic rings. The van der Waals surface area contributed by atoms with E-state index in [4.69, 9.17) is 4.42 Å². The van der Waals surface area contributed by atoms with Crippen molar-refractivity contribution in [3.63, 3.8) is 0 Å². The van der Waals surface area contributed by atoms with Crippen molar-refractivity contribution in [1.29, 1.82) is 0 Å². The first-order chi connectivity index (χ1) is 19.1. The van der Waals surface area contributed by atoms with Gasteiger partial charge in [-0.25, -0.2) is 4.98 Å². The van der Waals surface area contributed by atoms with E-state index >= 15 is 0 Å². The number of amides is 2. The Kier molecular flexibility index (Phi) is 7.51. The molecule has 9 nitrogen and oxygen atoms in total. The average Bonchev–Trinajstić information content (AvgIpc) is 3.69. The number of anilines is 2. The summed E-state index contributed by atoms with van der Waals surface area (Å²) in [5.74, 6) is -5.00. The van der Waals surface area contributed by atoms with E-state index in [-0.39, 0.29) is 23.5 Å². The largest absolute Gasteiger partial charge is 0.481 e. The minimum Gasteiger partial charge on any atom is -0.481 e. The summed E-state index contributed by atoms with van der Waals surface area (Å²) >= 11 is 0. The molecule has 1 aliphatic heterocycles. The number of hydrogen-bond donors (Lipinski definition) is 3. The number of carboxylic acids is 1. The Morgan fingerprint density at radius 3 is 2.30 bits per heavy atom. The second-order valence-corrected chi connectivity index (χ2v) is 9.99. The number of nitrogens with one attached hydrogen (secondary N) is 2. The van der Waals surface area contributed by atoms with Crippen LogP contribution in [0.3, 0.4) is 0 Å². The molecule has 1 aromatic heterocycles. The molecule has 5 rings (SSSR count). The lowest BCUT2D eigenvalue weighted by Crippen LogP contribution is -2.39. The van der Waals surface area contributed by atoms with E-state index in [2.05, 4.69) is 15.6 Å². The van der Waals surface area contributed by atoms with Crippen LogP contribution in [0.15, 0.2) is 59.0 Å². The van der Waals surface area contributed by atoms with Gasteiger partial charge in [0.05, 0.1) is 11.8 Å². The van der Waals surface area contributed by atoms with Crippen molar-refractivity contribution in [2.75, 3.05) is 23.7 Å². The van der Waals surface area contributed by atoms with E-state index in [0.29, 0.717) is 43.6 Å². The Morgan fingerprint density at radius 2 is 1.62 bits per heavy atom. The summed E-state index contributed by atoms with van der Waals surface area (Å²) in [4.78, 5) is 42.6. The topological polar surface area (TPSA) is 125 Å². The fourth-order valence-electron chi connectivity index (χ4n) is 5.31. The third kappa shape index (κ3) is 5.80. The first-order valence-corrected chi connectivity index (χ1v) is 12.9. The highest BCUT2D eigenvalue weighted by molar-refractivity contribution is 6.04. The van der Waals surface area contributed by atoms with Crippen molar-refractivity contribution < 1.29 is 37.1 Å². The summed E-state index contributed by atoms with van der Waals surface area (Å²) < 4.78 is 45.6. The normalized spacial score (nSPS) is 20.9. The number of halogens is 3. The van der Waals surface area contributed by atoms with Crippen molar-refractivity contribution in [1.82, 2.24) is 9.88 Å². The van der Waals surface area contributed by atoms with Crippen molar-refractivity contribution in [2.45, 2.75) is 37.9 Å². The second kappa shape index (κ2) is 11.0. The van der Waals surface area contributed by atoms with Crippen LogP contribution in [0.25, 0.3) is 11.5 Å². The highest BCUT2D eigenvalue weighted by Crippen LogP contribution is 2.36. The van der Waals surface area contributed by atoms with E-state index in [1.54, 1.807) is 47.4 Å². The number of carbonyl (C=O) groups excluding carboxylic acids is 2. The van der Waals surface area contributed by atoms with Crippen LogP contribution in [0.1, 0.15) is 41.9 Å². The van der Waals surface area contributed by atoms with E-state index in [9.17, 15) is 32.7 Å². The number of likely N-dealkylation sites (tertiary alicyclic amines) is 1.